The van der Waals surface area contributed by atoms with Crippen LogP contribution in [0.2, 0.25) is 18.1 Å². The summed E-state index contributed by atoms with van der Waals surface area (Å²) in [7, 11) is -0.340. The van der Waals surface area contributed by atoms with E-state index in [4.69, 9.17) is 0 Å². The van der Waals surface area contributed by atoms with Crippen molar-refractivity contribution in [1.29, 1.82) is 0 Å². The van der Waals surface area contributed by atoms with Crippen LogP contribution in [0.1, 0.15) is 20.8 Å². The van der Waals surface area contributed by atoms with Gasteiger partial charge in [0.1, 0.15) is 0 Å². The summed E-state index contributed by atoms with van der Waals surface area (Å²) < 4.78 is 0. The minimum absolute atomic E-state index is 0.390. The average Bonchev–Trinajstić information content (AvgIpc) is 1.92. The van der Waals surface area contributed by atoms with Gasteiger partial charge in [0.15, 0.2) is 0 Å². The van der Waals surface area contributed by atoms with Gasteiger partial charge in [-0.25, -0.2) is 0 Å². The van der Waals surface area contributed by atoms with Crippen molar-refractivity contribution < 1.29 is 0 Å². The van der Waals surface area contributed by atoms with E-state index in [1.807, 2.05) is 0 Å². The van der Waals surface area contributed by atoms with Crippen LogP contribution in [0.15, 0.2) is 0 Å². The van der Waals surface area contributed by atoms with Crippen LogP contribution in [-0.4, -0.2) is 21.1 Å². The SMILES string of the molecule is CC[Si](CC)(CC)P(C)C. The molecule has 0 radical (unpaired) electrons. The van der Waals surface area contributed by atoms with Crippen molar-refractivity contribution in [2.75, 3.05) is 13.3 Å². The predicted molar refractivity (Wildman–Crippen MR) is 56.0 cm³/mol. The molecule has 0 aliphatic rings. The van der Waals surface area contributed by atoms with Crippen LogP contribution in [0.25, 0.3) is 0 Å². The molecule has 0 saturated heterocycles. The monoisotopic (exact) mass is 176 g/mol. The number of hydrogen-bond donors (Lipinski definition) is 0. The van der Waals surface area contributed by atoms with Gasteiger partial charge < -0.3 is 0 Å². The molecule has 10 heavy (non-hydrogen) atoms. The largest absolute Gasteiger partial charge is 0.124 e. The summed E-state index contributed by atoms with van der Waals surface area (Å²) in [6.45, 7) is 12.1. The molecule has 0 fully saturated rings. The molecule has 0 aliphatic carbocycles. The quantitative estimate of drug-likeness (QED) is 0.452. The zero-order chi connectivity index (χ0) is 8.20. The molecule has 0 amide bonds. The van der Waals surface area contributed by atoms with E-state index in [2.05, 4.69) is 34.1 Å². The Morgan fingerprint density at radius 2 is 1.20 bits per heavy atom. The van der Waals surface area contributed by atoms with Gasteiger partial charge in [-0.2, -0.15) is 0 Å². The Morgan fingerprint density at radius 1 is 0.900 bits per heavy atom. The minimum atomic E-state index is -0.730. The van der Waals surface area contributed by atoms with Crippen LogP contribution in [0.5, 0.6) is 0 Å². The first kappa shape index (κ1) is 10.6. The van der Waals surface area contributed by atoms with E-state index in [1.165, 1.54) is 18.1 Å². The normalized spacial score (nSPS) is 12.6. The molecule has 0 nitrogen and oxygen atoms in total. The van der Waals surface area contributed by atoms with Crippen molar-refractivity contribution in [1.82, 2.24) is 0 Å². The van der Waals surface area contributed by atoms with E-state index in [9.17, 15) is 0 Å². The molecule has 0 saturated carbocycles. The molecule has 0 rings (SSSR count). The topological polar surface area (TPSA) is 0 Å². The molecular formula is C8H21PSi. The maximum atomic E-state index is 2.47. The molecule has 0 spiro atoms. The zero-order valence-electron chi connectivity index (χ0n) is 8.07. The van der Waals surface area contributed by atoms with E-state index in [-0.39, 0.29) is 0 Å². The van der Waals surface area contributed by atoms with Crippen molar-refractivity contribution in [3.63, 3.8) is 0 Å². The van der Waals surface area contributed by atoms with Gasteiger partial charge in [0, 0.05) is 0 Å². The fourth-order valence-corrected chi connectivity index (χ4v) is 10.8. The summed E-state index contributed by atoms with van der Waals surface area (Å²) in [5, 5.41) is 0. The lowest BCUT2D eigenvalue weighted by atomic mass is 10.9. The molecule has 0 aromatic heterocycles. The summed E-state index contributed by atoms with van der Waals surface area (Å²) in [4.78, 5) is 0. The molecule has 2 heteroatoms. The lowest BCUT2D eigenvalue weighted by Gasteiger charge is -2.32. The first-order valence-electron chi connectivity index (χ1n) is 4.30. The van der Waals surface area contributed by atoms with E-state index in [1.54, 1.807) is 0 Å². The van der Waals surface area contributed by atoms with Gasteiger partial charge in [-0.15, -0.1) is 7.47 Å². The maximum Gasteiger partial charge on any atom is 0.0796 e. The van der Waals surface area contributed by atoms with Crippen LogP contribution in [0.4, 0.5) is 0 Å². The Bertz CT molecular complexity index is 79.0. The van der Waals surface area contributed by atoms with Gasteiger partial charge in [-0.3, -0.25) is 0 Å². The number of hydrogen-bond acceptors (Lipinski definition) is 0. The van der Waals surface area contributed by atoms with Crippen molar-refractivity contribution in [3.8, 4) is 0 Å². The lowest BCUT2D eigenvalue weighted by molar-refractivity contribution is 1.22. The molecule has 0 aromatic carbocycles. The van der Waals surface area contributed by atoms with Gasteiger partial charge in [0.25, 0.3) is 0 Å². The van der Waals surface area contributed by atoms with Gasteiger partial charge in [0.2, 0.25) is 0 Å². The standard InChI is InChI=1S/C8H21PSi/c1-6-10(7-2,8-3)9(4)5/h6-8H2,1-5H3. The Kier molecular flexibility index (Phi) is 4.80. The number of rotatable bonds is 4. The second-order valence-electron chi connectivity index (χ2n) is 3.18. The van der Waals surface area contributed by atoms with Crippen LogP contribution in [0, 0.1) is 0 Å². The third kappa shape index (κ3) is 2.07. The van der Waals surface area contributed by atoms with Crippen LogP contribution in [0.3, 0.4) is 0 Å². The highest BCUT2D eigenvalue weighted by atomic mass is 31.4. The lowest BCUT2D eigenvalue weighted by Crippen LogP contribution is -2.28. The summed E-state index contributed by atoms with van der Waals surface area (Å²) in [5.74, 6) is 0. The van der Waals surface area contributed by atoms with Gasteiger partial charge in [0.05, 0.1) is 7.74 Å². The Hall–Kier alpha value is 0.647. The van der Waals surface area contributed by atoms with Crippen molar-refractivity contribution in [3.05, 3.63) is 0 Å². The van der Waals surface area contributed by atoms with Crippen LogP contribution >= 0.6 is 7.47 Å². The Balaban J connectivity index is 4.15. The highest BCUT2D eigenvalue weighted by Crippen LogP contribution is 2.46. The molecule has 0 atom stereocenters. The maximum absolute atomic E-state index is 2.47. The second-order valence-corrected chi connectivity index (χ2v) is 15.1. The Morgan fingerprint density at radius 3 is 1.20 bits per heavy atom. The summed E-state index contributed by atoms with van der Waals surface area (Å²) >= 11 is 0. The first-order valence-corrected chi connectivity index (χ1v) is 10.00. The highest BCUT2D eigenvalue weighted by Gasteiger charge is 2.29. The highest BCUT2D eigenvalue weighted by molar-refractivity contribution is 7.94. The van der Waals surface area contributed by atoms with E-state index < -0.39 is 7.74 Å². The fraction of sp³-hybridized carbons (Fsp3) is 1.00. The molecular weight excluding hydrogens is 155 g/mol. The fourth-order valence-electron chi connectivity index (χ4n) is 1.70. The molecule has 0 bridgehead atoms. The van der Waals surface area contributed by atoms with Crippen molar-refractivity contribution in [2.45, 2.75) is 38.9 Å². The molecule has 0 aliphatic heterocycles. The summed E-state index contributed by atoms with van der Waals surface area (Å²) in [6, 6.07) is 4.50. The van der Waals surface area contributed by atoms with Gasteiger partial charge in [-0.05, 0) is 13.3 Å². The molecule has 0 aromatic rings. The summed E-state index contributed by atoms with van der Waals surface area (Å²) in [5.41, 5.74) is 0. The third-order valence-corrected chi connectivity index (χ3v) is 17.3. The second kappa shape index (κ2) is 4.51. The average molecular weight is 176 g/mol. The van der Waals surface area contributed by atoms with E-state index in [0.29, 0.717) is 7.47 Å². The van der Waals surface area contributed by atoms with E-state index in [0.717, 1.165) is 0 Å². The predicted octanol–water partition coefficient (Wildman–Crippen LogP) is 3.73. The van der Waals surface area contributed by atoms with E-state index >= 15 is 0 Å². The summed E-state index contributed by atoms with van der Waals surface area (Å²) in [6.07, 6.45) is 0. The van der Waals surface area contributed by atoms with Crippen LogP contribution < -0.4 is 0 Å². The van der Waals surface area contributed by atoms with Gasteiger partial charge in [-0.1, -0.05) is 38.9 Å². The molecule has 0 N–H and O–H groups in total. The third-order valence-electron chi connectivity index (χ3n) is 2.92. The molecule has 0 heterocycles. The molecule has 0 unspecified atom stereocenters. The Labute approximate surface area is 68.0 Å². The minimum Gasteiger partial charge on any atom is -0.124 e. The molecule has 62 valence electrons. The van der Waals surface area contributed by atoms with Crippen molar-refractivity contribution >= 4 is 15.2 Å². The first-order chi connectivity index (χ1) is 4.63. The zero-order valence-corrected chi connectivity index (χ0v) is 9.96. The van der Waals surface area contributed by atoms with Gasteiger partial charge >= 0.3 is 0 Å². The van der Waals surface area contributed by atoms with Crippen LogP contribution in [-0.2, 0) is 0 Å². The van der Waals surface area contributed by atoms with Crippen molar-refractivity contribution in [2.24, 2.45) is 0 Å². The smallest absolute Gasteiger partial charge is 0.0796 e.